The SMILES string of the molecule is BrCC(COCCOC1CCCCO1)(COCCOC1CCCCO1)COCCOC1CCCCO1. The molecule has 3 saturated heterocycles. The smallest absolute Gasteiger partial charge is 0.157 e. The number of rotatable bonds is 19. The van der Waals surface area contributed by atoms with Crippen LogP contribution < -0.4 is 0 Å². The van der Waals surface area contributed by atoms with Crippen LogP contribution in [0.5, 0.6) is 0 Å². The molecular formula is C26H47BrO9. The second-order valence-electron chi connectivity index (χ2n) is 9.79. The molecule has 3 unspecified atom stereocenters. The second-order valence-corrected chi connectivity index (χ2v) is 10.4. The Morgan fingerprint density at radius 2 is 0.889 bits per heavy atom. The Morgan fingerprint density at radius 3 is 1.17 bits per heavy atom. The first-order chi connectivity index (χ1) is 17.8. The highest BCUT2D eigenvalue weighted by molar-refractivity contribution is 9.09. The van der Waals surface area contributed by atoms with E-state index in [2.05, 4.69) is 15.9 Å². The molecule has 0 aromatic heterocycles. The standard InChI is InChI=1S/C26H47BrO9/c27-19-26(20-28-13-16-34-23-7-1-4-10-31-23,21-29-14-17-35-24-8-2-5-11-32-24)22-30-15-18-36-25-9-3-6-12-33-25/h23-25H,1-22H2. The molecule has 0 spiro atoms. The maximum atomic E-state index is 6.01. The van der Waals surface area contributed by atoms with E-state index in [1.807, 2.05) is 0 Å². The minimum atomic E-state index is -0.329. The summed E-state index contributed by atoms with van der Waals surface area (Å²) in [5.41, 5.74) is -0.329. The Morgan fingerprint density at radius 1 is 0.528 bits per heavy atom. The quantitative estimate of drug-likeness (QED) is 0.165. The molecule has 3 rings (SSSR count). The number of ether oxygens (including phenoxy) is 9. The average Bonchev–Trinajstić information content (AvgIpc) is 2.94. The van der Waals surface area contributed by atoms with E-state index < -0.39 is 0 Å². The van der Waals surface area contributed by atoms with E-state index in [-0.39, 0.29) is 24.3 Å². The minimum absolute atomic E-state index is 0.101. The van der Waals surface area contributed by atoms with Crippen molar-refractivity contribution in [2.45, 2.75) is 76.7 Å². The molecule has 0 aromatic carbocycles. The van der Waals surface area contributed by atoms with Gasteiger partial charge in [0.2, 0.25) is 0 Å². The van der Waals surface area contributed by atoms with E-state index in [0.29, 0.717) is 64.8 Å². The van der Waals surface area contributed by atoms with Gasteiger partial charge < -0.3 is 42.6 Å². The molecule has 3 atom stereocenters. The van der Waals surface area contributed by atoms with Crippen LogP contribution in [0, 0.1) is 5.41 Å². The molecule has 0 aliphatic carbocycles. The van der Waals surface area contributed by atoms with Crippen LogP contribution >= 0.6 is 15.9 Å². The Kier molecular flexibility index (Phi) is 16.4. The van der Waals surface area contributed by atoms with Crippen molar-refractivity contribution in [2.75, 3.05) is 84.6 Å². The zero-order valence-corrected chi connectivity index (χ0v) is 23.4. The molecule has 36 heavy (non-hydrogen) atoms. The summed E-state index contributed by atoms with van der Waals surface area (Å²) in [5, 5.41) is 0.686. The van der Waals surface area contributed by atoms with Crippen LogP contribution in [-0.2, 0) is 42.6 Å². The second kappa shape index (κ2) is 19.2. The molecule has 0 N–H and O–H groups in total. The third-order valence-corrected chi connectivity index (χ3v) is 7.71. The highest BCUT2D eigenvalue weighted by Gasteiger charge is 2.31. The summed E-state index contributed by atoms with van der Waals surface area (Å²) in [6.07, 6.45) is 9.35. The van der Waals surface area contributed by atoms with E-state index in [4.69, 9.17) is 42.6 Å². The number of hydrogen-bond donors (Lipinski definition) is 0. The van der Waals surface area contributed by atoms with E-state index in [0.717, 1.165) is 77.6 Å². The minimum Gasteiger partial charge on any atom is -0.378 e. The normalized spacial score (nSPS) is 27.1. The van der Waals surface area contributed by atoms with E-state index >= 15 is 0 Å². The van der Waals surface area contributed by atoms with Gasteiger partial charge in [0.25, 0.3) is 0 Å². The highest BCUT2D eigenvalue weighted by Crippen LogP contribution is 2.23. The Hall–Kier alpha value is 0.120. The predicted octanol–water partition coefficient (Wildman–Crippen LogP) is 4.05. The van der Waals surface area contributed by atoms with Crippen molar-refractivity contribution in [1.82, 2.24) is 0 Å². The van der Waals surface area contributed by atoms with Gasteiger partial charge in [-0.2, -0.15) is 0 Å². The number of hydrogen-bond acceptors (Lipinski definition) is 9. The van der Waals surface area contributed by atoms with Crippen molar-refractivity contribution in [1.29, 1.82) is 0 Å². The lowest BCUT2D eigenvalue weighted by atomic mass is 9.94. The van der Waals surface area contributed by atoms with Gasteiger partial charge in [-0.3, -0.25) is 0 Å². The maximum Gasteiger partial charge on any atom is 0.157 e. The van der Waals surface area contributed by atoms with Crippen molar-refractivity contribution in [3.05, 3.63) is 0 Å². The van der Waals surface area contributed by atoms with E-state index in [9.17, 15) is 0 Å². The van der Waals surface area contributed by atoms with Crippen LogP contribution in [0.3, 0.4) is 0 Å². The summed E-state index contributed by atoms with van der Waals surface area (Å²) in [7, 11) is 0. The Bertz CT molecular complexity index is 454. The van der Waals surface area contributed by atoms with Gasteiger partial charge in [-0.25, -0.2) is 0 Å². The van der Waals surface area contributed by atoms with Crippen molar-refractivity contribution in [3.8, 4) is 0 Å². The zero-order valence-electron chi connectivity index (χ0n) is 21.8. The molecule has 3 fully saturated rings. The summed E-state index contributed by atoms with van der Waals surface area (Å²) in [6.45, 7) is 6.83. The molecule has 10 heteroatoms. The third-order valence-electron chi connectivity index (χ3n) is 6.52. The van der Waals surface area contributed by atoms with Gasteiger partial charge in [0.05, 0.1) is 64.9 Å². The summed E-state index contributed by atoms with van der Waals surface area (Å²) in [6, 6.07) is 0. The fraction of sp³-hybridized carbons (Fsp3) is 1.00. The average molecular weight is 584 g/mol. The lowest BCUT2D eigenvalue weighted by molar-refractivity contribution is -0.178. The van der Waals surface area contributed by atoms with Crippen molar-refractivity contribution >= 4 is 15.9 Å². The molecule has 0 amide bonds. The van der Waals surface area contributed by atoms with Crippen LogP contribution in [0.15, 0.2) is 0 Å². The highest BCUT2D eigenvalue weighted by atomic mass is 79.9. The van der Waals surface area contributed by atoms with Gasteiger partial charge in [-0.15, -0.1) is 0 Å². The Balaban J connectivity index is 1.34. The summed E-state index contributed by atoms with van der Waals surface area (Å²) in [5.74, 6) is 0. The van der Waals surface area contributed by atoms with Gasteiger partial charge >= 0.3 is 0 Å². The van der Waals surface area contributed by atoms with E-state index in [1.54, 1.807) is 0 Å². The monoisotopic (exact) mass is 582 g/mol. The van der Waals surface area contributed by atoms with Crippen molar-refractivity contribution in [3.63, 3.8) is 0 Å². The van der Waals surface area contributed by atoms with Gasteiger partial charge in [-0.05, 0) is 57.8 Å². The molecule has 0 saturated carbocycles. The molecular weight excluding hydrogens is 536 g/mol. The van der Waals surface area contributed by atoms with Gasteiger partial charge in [-0.1, -0.05) is 15.9 Å². The summed E-state index contributed by atoms with van der Waals surface area (Å²) in [4.78, 5) is 0. The van der Waals surface area contributed by atoms with Crippen LogP contribution in [0.4, 0.5) is 0 Å². The van der Waals surface area contributed by atoms with Crippen molar-refractivity contribution in [2.24, 2.45) is 5.41 Å². The molecule has 3 heterocycles. The van der Waals surface area contributed by atoms with Crippen LogP contribution in [0.1, 0.15) is 57.8 Å². The van der Waals surface area contributed by atoms with Gasteiger partial charge in [0.15, 0.2) is 18.9 Å². The van der Waals surface area contributed by atoms with Gasteiger partial charge in [0, 0.05) is 25.2 Å². The first kappa shape index (κ1) is 30.7. The lowest BCUT2D eigenvalue weighted by Gasteiger charge is -2.32. The third kappa shape index (κ3) is 12.8. The fourth-order valence-corrected chi connectivity index (χ4v) is 4.84. The maximum absolute atomic E-state index is 6.01. The Labute approximate surface area is 225 Å². The number of alkyl halides is 1. The van der Waals surface area contributed by atoms with Crippen molar-refractivity contribution < 1.29 is 42.6 Å². The largest absolute Gasteiger partial charge is 0.378 e. The molecule has 212 valence electrons. The topological polar surface area (TPSA) is 83.1 Å². The molecule has 0 bridgehead atoms. The van der Waals surface area contributed by atoms with E-state index in [1.165, 1.54) is 0 Å². The number of halogens is 1. The van der Waals surface area contributed by atoms with Crippen LogP contribution in [0.2, 0.25) is 0 Å². The summed E-state index contributed by atoms with van der Waals surface area (Å²) < 4.78 is 52.3. The molecule has 0 radical (unpaired) electrons. The lowest BCUT2D eigenvalue weighted by Crippen LogP contribution is -2.40. The fourth-order valence-electron chi connectivity index (χ4n) is 4.35. The molecule has 3 aliphatic rings. The molecule has 3 aliphatic heterocycles. The first-order valence-corrected chi connectivity index (χ1v) is 14.9. The zero-order chi connectivity index (χ0) is 25.2. The summed E-state index contributed by atoms with van der Waals surface area (Å²) >= 11 is 3.67. The van der Waals surface area contributed by atoms with Crippen LogP contribution in [-0.4, -0.2) is 103 Å². The van der Waals surface area contributed by atoms with Gasteiger partial charge in [0.1, 0.15) is 0 Å². The molecule has 9 nitrogen and oxygen atoms in total. The predicted molar refractivity (Wildman–Crippen MR) is 137 cm³/mol. The molecule has 0 aromatic rings. The first-order valence-electron chi connectivity index (χ1n) is 13.8. The van der Waals surface area contributed by atoms with Crippen LogP contribution in [0.25, 0.3) is 0 Å².